The van der Waals surface area contributed by atoms with E-state index in [1.54, 1.807) is 4.90 Å². The highest BCUT2D eigenvalue weighted by molar-refractivity contribution is 7.89. The Hall–Kier alpha value is -0.820. The summed E-state index contributed by atoms with van der Waals surface area (Å²) >= 11 is 11.8. The molecule has 0 aliphatic rings. The van der Waals surface area contributed by atoms with Gasteiger partial charge < -0.3 is 4.90 Å². The van der Waals surface area contributed by atoms with Crippen molar-refractivity contribution in [2.75, 3.05) is 13.1 Å². The fourth-order valence-electron chi connectivity index (χ4n) is 1.88. The largest absolute Gasteiger partial charge is 0.339 e. The van der Waals surface area contributed by atoms with Crippen LogP contribution < -0.4 is 5.14 Å². The van der Waals surface area contributed by atoms with Crippen LogP contribution in [0.4, 0.5) is 0 Å². The highest BCUT2D eigenvalue weighted by atomic mass is 35.5. The van der Waals surface area contributed by atoms with E-state index in [-0.39, 0.29) is 32.3 Å². The van der Waals surface area contributed by atoms with Crippen molar-refractivity contribution in [2.24, 2.45) is 11.1 Å². The summed E-state index contributed by atoms with van der Waals surface area (Å²) in [4.78, 5) is 13.8. The van der Waals surface area contributed by atoms with Gasteiger partial charge in [0.2, 0.25) is 10.0 Å². The predicted molar refractivity (Wildman–Crippen MR) is 84.3 cm³/mol. The minimum Gasteiger partial charge on any atom is -0.339 e. The Labute approximate surface area is 135 Å². The molecule has 21 heavy (non-hydrogen) atoms. The fourth-order valence-corrected chi connectivity index (χ4v) is 3.28. The lowest BCUT2D eigenvalue weighted by Crippen LogP contribution is -2.34. The van der Waals surface area contributed by atoms with E-state index in [2.05, 4.69) is 0 Å². The maximum atomic E-state index is 12.5. The van der Waals surface area contributed by atoms with Crippen LogP contribution in [-0.4, -0.2) is 32.3 Å². The number of sulfonamides is 1. The molecular formula is C13H18Cl2N2O3S. The number of nitrogens with zero attached hydrogens (tertiary/aromatic N) is 1. The SMILES string of the molecule is CCN(CC(C)C)C(=O)c1cc(S(N)(=O)=O)c(Cl)cc1Cl. The maximum Gasteiger partial charge on any atom is 0.255 e. The molecule has 0 bridgehead atoms. The molecule has 0 radical (unpaired) electrons. The number of hydrogen-bond donors (Lipinski definition) is 1. The van der Waals surface area contributed by atoms with Gasteiger partial charge in [-0.3, -0.25) is 4.79 Å². The van der Waals surface area contributed by atoms with Gasteiger partial charge in [0.15, 0.2) is 0 Å². The molecule has 0 heterocycles. The van der Waals surface area contributed by atoms with Crippen molar-refractivity contribution in [1.82, 2.24) is 4.90 Å². The average Bonchev–Trinajstić information content (AvgIpc) is 2.33. The number of halogens is 2. The number of primary sulfonamides is 1. The summed E-state index contributed by atoms with van der Waals surface area (Å²) in [7, 11) is -4.02. The molecule has 5 nitrogen and oxygen atoms in total. The monoisotopic (exact) mass is 352 g/mol. The van der Waals surface area contributed by atoms with E-state index >= 15 is 0 Å². The van der Waals surface area contributed by atoms with Crippen LogP contribution in [0, 0.1) is 5.92 Å². The molecule has 0 saturated carbocycles. The van der Waals surface area contributed by atoms with Crippen molar-refractivity contribution in [3.8, 4) is 0 Å². The molecule has 2 N–H and O–H groups in total. The minimum absolute atomic E-state index is 0.0765. The van der Waals surface area contributed by atoms with Crippen molar-refractivity contribution in [3.63, 3.8) is 0 Å². The molecule has 0 spiro atoms. The molecule has 8 heteroatoms. The van der Waals surface area contributed by atoms with E-state index in [1.165, 1.54) is 6.07 Å². The Morgan fingerprint density at radius 1 is 1.29 bits per heavy atom. The summed E-state index contributed by atoms with van der Waals surface area (Å²) in [5.41, 5.74) is 0.0765. The van der Waals surface area contributed by atoms with Crippen LogP contribution >= 0.6 is 23.2 Å². The van der Waals surface area contributed by atoms with Crippen molar-refractivity contribution in [2.45, 2.75) is 25.7 Å². The van der Waals surface area contributed by atoms with Crippen LogP contribution in [-0.2, 0) is 10.0 Å². The van der Waals surface area contributed by atoms with Gasteiger partial charge in [-0.1, -0.05) is 37.0 Å². The lowest BCUT2D eigenvalue weighted by molar-refractivity contribution is 0.0745. The summed E-state index contributed by atoms with van der Waals surface area (Å²) in [5, 5.41) is 5.08. The number of carbonyl (C=O) groups is 1. The van der Waals surface area contributed by atoms with Crippen LogP contribution in [0.25, 0.3) is 0 Å². The van der Waals surface area contributed by atoms with Crippen LogP contribution in [0.1, 0.15) is 31.1 Å². The molecule has 0 aliphatic heterocycles. The van der Waals surface area contributed by atoms with Gasteiger partial charge in [0, 0.05) is 13.1 Å². The maximum absolute atomic E-state index is 12.5. The number of rotatable bonds is 5. The second-order valence-electron chi connectivity index (χ2n) is 5.05. The number of carbonyl (C=O) groups excluding carboxylic acids is 1. The van der Waals surface area contributed by atoms with Gasteiger partial charge in [0.05, 0.1) is 15.6 Å². The number of hydrogen-bond acceptors (Lipinski definition) is 3. The fraction of sp³-hybridized carbons (Fsp3) is 0.462. The smallest absolute Gasteiger partial charge is 0.255 e. The van der Waals surface area contributed by atoms with Crippen molar-refractivity contribution in [1.29, 1.82) is 0 Å². The van der Waals surface area contributed by atoms with Gasteiger partial charge in [-0.25, -0.2) is 13.6 Å². The second kappa shape index (κ2) is 6.96. The lowest BCUT2D eigenvalue weighted by atomic mass is 10.1. The minimum atomic E-state index is -4.02. The molecule has 1 aromatic carbocycles. The molecule has 0 unspecified atom stereocenters. The van der Waals surface area contributed by atoms with Crippen LogP contribution in [0.2, 0.25) is 10.0 Å². The third kappa shape index (κ3) is 4.57. The van der Waals surface area contributed by atoms with Crippen LogP contribution in [0.5, 0.6) is 0 Å². The summed E-state index contributed by atoms with van der Waals surface area (Å²) in [6.07, 6.45) is 0. The second-order valence-corrected chi connectivity index (χ2v) is 7.39. The topological polar surface area (TPSA) is 80.5 Å². The van der Waals surface area contributed by atoms with E-state index in [1.807, 2.05) is 20.8 Å². The quantitative estimate of drug-likeness (QED) is 0.884. The highest BCUT2D eigenvalue weighted by Crippen LogP contribution is 2.29. The molecule has 0 saturated heterocycles. The van der Waals surface area contributed by atoms with E-state index in [0.29, 0.717) is 13.1 Å². The third-order valence-corrected chi connectivity index (χ3v) is 4.50. The van der Waals surface area contributed by atoms with Crippen LogP contribution in [0.15, 0.2) is 17.0 Å². The van der Waals surface area contributed by atoms with E-state index in [9.17, 15) is 13.2 Å². The molecule has 0 atom stereocenters. The third-order valence-electron chi connectivity index (χ3n) is 2.81. The van der Waals surface area contributed by atoms with Crippen molar-refractivity contribution >= 4 is 39.1 Å². The molecule has 1 amide bonds. The zero-order valence-electron chi connectivity index (χ0n) is 12.1. The Kier molecular flexibility index (Phi) is 6.04. The van der Waals surface area contributed by atoms with Gasteiger partial charge >= 0.3 is 0 Å². The average molecular weight is 353 g/mol. The van der Waals surface area contributed by atoms with Gasteiger partial charge in [-0.2, -0.15) is 0 Å². The first kappa shape index (κ1) is 18.2. The summed E-state index contributed by atoms with van der Waals surface area (Å²) in [6, 6.07) is 2.35. The summed E-state index contributed by atoms with van der Waals surface area (Å²) in [5.74, 6) is -0.0737. The van der Waals surface area contributed by atoms with Gasteiger partial charge in [-0.15, -0.1) is 0 Å². The molecule has 0 fully saturated rings. The number of amides is 1. The zero-order valence-corrected chi connectivity index (χ0v) is 14.4. The summed E-state index contributed by atoms with van der Waals surface area (Å²) in [6.45, 7) is 6.83. The van der Waals surface area contributed by atoms with Crippen molar-refractivity contribution < 1.29 is 13.2 Å². The van der Waals surface area contributed by atoms with Crippen molar-refractivity contribution in [3.05, 3.63) is 27.7 Å². The Morgan fingerprint density at radius 2 is 1.86 bits per heavy atom. The molecule has 1 aromatic rings. The normalized spacial score (nSPS) is 11.8. The predicted octanol–water partition coefficient (Wildman–Crippen LogP) is 2.76. The summed E-state index contributed by atoms with van der Waals surface area (Å²) < 4.78 is 23.0. The lowest BCUT2D eigenvalue weighted by Gasteiger charge is -2.23. The van der Waals surface area contributed by atoms with E-state index < -0.39 is 10.0 Å². The standard InChI is InChI=1S/C13H18Cl2N2O3S/c1-4-17(7-8(2)3)13(18)9-5-12(21(16,19)20)11(15)6-10(9)14/h5-6,8H,4,7H2,1-3H3,(H2,16,19,20). The molecule has 0 aliphatic carbocycles. The Morgan fingerprint density at radius 3 is 2.29 bits per heavy atom. The first-order chi connectivity index (χ1) is 9.57. The van der Waals surface area contributed by atoms with Gasteiger partial charge in [-0.05, 0) is 25.0 Å². The van der Waals surface area contributed by atoms with E-state index in [4.69, 9.17) is 28.3 Å². The molecule has 118 valence electrons. The van der Waals surface area contributed by atoms with E-state index in [0.717, 1.165) is 6.07 Å². The first-order valence-electron chi connectivity index (χ1n) is 6.39. The molecule has 1 rings (SSSR count). The molecular weight excluding hydrogens is 335 g/mol. The highest BCUT2D eigenvalue weighted by Gasteiger charge is 2.23. The number of benzene rings is 1. The van der Waals surface area contributed by atoms with Gasteiger partial charge in [0.25, 0.3) is 5.91 Å². The Balaban J connectivity index is 3.33. The number of nitrogens with two attached hydrogens (primary N) is 1. The molecule has 0 aromatic heterocycles. The first-order valence-corrected chi connectivity index (χ1v) is 8.69. The Bertz CT molecular complexity index is 645. The van der Waals surface area contributed by atoms with Crippen LogP contribution in [0.3, 0.4) is 0 Å². The zero-order chi connectivity index (χ0) is 16.4. The van der Waals surface area contributed by atoms with Gasteiger partial charge in [0.1, 0.15) is 4.90 Å².